The smallest absolute Gasteiger partial charge is 0.315 e. The highest BCUT2D eigenvalue weighted by Crippen LogP contribution is 2.15. The first-order valence-corrected chi connectivity index (χ1v) is 9.84. The van der Waals surface area contributed by atoms with Gasteiger partial charge < -0.3 is 10.6 Å². The lowest BCUT2D eigenvalue weighted by Crippen LogP contribution is -2.48. The Morgan fingerprint density at radius 1 is 1.26 bits per heavy atom. The van der Waals surface area contributed by atoms with Crippen molar-refractivity contribution in [3.8, 4) is 0 Å². The average molecular weight is 337 g/mol. The van der Waals surface area contributed by atoms with Crippen LogP contribution < -0.4 is 10.6 Å². The van der Waals surface area contributed by atoms with Crippen molar-refractivity contribution in [2.24, 2.45) is 0 Å². The number of benzene rings is 1. The van der Waals surface area contributed by atoms with Crippen LogP contribution in [0.3, 0.4) is 0 Å². The summed E-state index contributed by atoms with van der Waals surface area (Å²) < 4.78 is 11.3. The van der Waals surface area contributed by atoms with Gasteiger partial charge in [0.1, 0.15) is 0 Å². The Morgan fingerprint density at radius 2 is 2.00 bits per heavy atom. The molecule has 0 spiro atoms. The van der Waals surface area contributed by atoms with Crippen LogP contribution in [0.15, 0.2) is 29.2 Å². The molecule has 0 unspecified atom stereocenters. The molecule has 2 N–H and O–H groups in total. The van der Waals surface area contributed by atoms with E-state index in [1.165, 1.54) is 12.8 Å². The molecule has 2 atom stereocenters. The van der Waals surface area contributed by atoms with Gasteiger partial charge in [-0.2, -0.15) is 0 Å². The van der Waals surface area contributed by atoms with E-state index < -0.39 is 10.8 Å². The number of rotatable bonds is 6. The van der Waals surface area contributed by atoms with Crippen molar-refractivity contribution in [3.63, 3.8) is 0 Å². The third-order valence-corrected chi connectivity index (χ3v) is 5.30. The molecule has 1 saturated heterocycles. The third kappa shape index (κ3) is 5.62. The van der Waals surface area contributed by atoms with E-state index in [0.717, 1.165) is 30.0 Å². The first kappa shape index (κ1) is 17.9. The van der Waals surface area contributed by atoms with E-state index in [1.54, 1.807) is 6.26 Å². The van der Waals surface area contributed by atoms with Crippen LogP contribution in [0.1, 0.15) is 31.7 Å². The van der Waals surface area contributed by atoms with Gasteiger partial charge in [-0.15, -0.1) is 0 Å². The zero-order valence-corrected chi connectivity index (χ0v) is 14.8. The summed E-state index contributed by atoms with van der Waals surface area (Å²) in [5, 5.41) is 5.85. The monoisotopic (exact) mass is 337 g/mol. The van der Waals surface area contributed by atoms with E-state index in [9.17, 15) is 9.00 Å². The van der Waals surface area contributed by atoms with Gasteiger partial charge in [-0.05, 0) is 43.6 Å². The number of urea groups is 1. The van der Waals surface area contributed by atoms with Crippen molar-refractivity contribution < 1.29 is 9.00 Å². The molecule has 1 aliphatic heterocycles. The first-order valence-electron chi connectivity index (χ1n) is 8.28. The fourth-order valence-corrected chi connectivity index (χ4v) is 3.48. The van der Waals surface area contributed by atoms with E-state index in [-0.39, 0.29) is 6.03 Å². The zero-order chi connectivity index (χ0) is 16.7. The van der Waals surface area contributed by atoms with Crippen LogP contribution in [0.4, 0.5) is 4.79 Å². The molecule has 1 aliphatic rings. The molecule has 2 rings (SSSR count). The number of hydrogen-bond donors (Lipinski definition) is 2. The molecule has 0 saturated carbocycles. The Kier molecular flexibility index (Phi) is 7.05. The van der Waals surface area contributed by atoms with Crippen molar-refractivity contribution in [2.75, 3.05) is 25.9 Å². The summed E-state index contributed by atoms with van der Waals surface area (Å²) in [7, 11) is -0.965. The van der Waals surface area contributed by atoms with Crippen molar-refractivity contribution in [1.29, 1.82) is 0 Å². The van der Waals surface area contributed by atoms with Gasteiger partial charge in [0.2, 0.25) is 0 Å². The fourth-order valence-electron chi connectivity index (χ4n) is 2.96. The van der Waals surface area contributed by atoms with Crippen molar-refractivity contribution >= 4 is 16.8 Å². The minimum Gasteiger partial charge on any atom is -0.337 e. The van der Waals surface area contributed by atoms with E-state index in [4.69, 9.17) is 0 Å². The van der Waals surface area contributed by atoms with E-state index >= 15 is 0 Å². The fraction of sp³-hybridized carbons (Fsp3) is 0.588. The second-order valence-corrected chi connectivity index (χ2v) is 7.32. The van der Waals surface area contributed by atoms with Gasteiger partial charge in [0.15, 0.2) is 0 Å². The normalized spacial score (nSPS) is 20.0. The summed E-state index contributed by atoms with van der Waals surface area (Å²) >= 11 is 0. The molecule has 0 aliphatic carbocycles. The molecule has 2 amide bonds. The lowest BCUT2D eigenvalue weighted by molar-refractivity contribution is 0.153. The predicted molar refractivity (Wildman–Crippen MR) is 93.9 cm³/mol. The number of hydrogen-bond acceptors (Lipinski definition) is 3. The highest BCUT2D eigenvalue weighted by atomic mass is 32.2. The quantitative estimate of drug-likeness (QED) is 0.836. The highest BCUT2D eigenvalue weighted by molar-refractivity contribution is 7.84. The Hall–Kier alpha value is -1.40. The topological polar surface area (TPSA) is 61.4 Å². The SMILES string of the molecule is CCN1CCCC[C@@H]1CNC(=O)NCc1ccc([S@](C)=O)cc1. The van der Waals surface area contributed by atoms with Gasteiger partial charge in [-0.1, -0.05) is 25.5 Å². The minimum absolute atomic E-state index is 0.130. The van der Waals surface area contributed by atoms with Gasteiger partial charge in [0.25, 0.3) is 0 Å². The number of carbonyl (C=O) groups excluding carboxylic acids is 1. The second kappa shape index (κ2) is 9.03. The van der Waals surface area contributed by atoms with E-state index in [0.29, 0.717) is 19.1 Å². The van der Waals surface area contributed by atoms with Gasteiger partial charge in [0.05, 0.1) is 0 Å². The third-order valence-electron chi connectivity index (χ3n) is 4.36. The Morgan fingerprint density at radius 3 is 2.65 bits per heavy atom. The minimum atomic E-state index is -0.965. The molecule has 23 heavy (non-hydrogen) atoms. The van der Waals surface area contributed by atoms with Crippen LogP contribution >= 0.6 is 0 Å². The maximum absolute atomic E-state index is 11.9. The molecule has 1 fully saturated rings. The second-order valence-electron chi connectivity index (χ2n) is 5.94. The number of amides is 2. The molecule has 1 heterocycles. The van der Waals surface area contributed by atoms with Crippen molar-refractivity contribution in [2.45, 2.75) is 43.7 Å². The van der Waals surface area contributed by atoms with Gasteiger partial charge >= 0.3 is 6.03 Å². The van der Waals surface area contributed by atoms with Gasteiger partial charge in [-0.25, -0.2) is 4.79 Å². The van der Waals surface area contributed by atoms with Crippen LogP contribution in [-0.2, 0) is 17.3 Å². The highest BCUT2D eigenvalue weighted by Gasteiger charge is 2.21. The zero-order valence-electron chi connectivity index (χ0n) is 14.0. The molecule has 1 aromatic carbocycles. The summed E-state index contributed by atoms with van der Waals surface area (Å²) in [6.45, 7) is 5.53. The Balaban J connectivity index is 1.73. The molecule has 6 heteroatoms. The van der Waals surface area contributed by atoms with Crippen LogP contribution in [0.2, 0.25) is 0 Å². The summed E-state index contributed by atoms with van der Waals surface area (Å²) in [5.41, 5.74) is 1.00. The molecule has 5 nitrogen and oxygen atoms in total. The Labute approximate surface area is 141 Å². The molecule has 0 bridgehead atoms. The molecular formula is C17H27N3O2S. The molecule has 0 radical (unpaired) electrons. The molecule has 0 aromatic heterocycles. The summed E-state index contributed by atoms with van der Waals surface area (Å²) in [6, 6.07) is 7.81. The standard InChI is InChI=1S/C17H27N3O2S/c1-3-20-11-5-4-6-15(20)13-19-17(21)18-12-14-7-9-16(10-8-14)23(2)22/h7-10,15H,3-6,11-13H2,1-2H3,(H2,18,19,21)/t15-,23+/m1/s1. The molecular weight excluding hydrogens is 310 g/mol. The molecule has 128 valence electrons. The number of piperidine rings is 1. The van der Waals surface area contributed by atoms with E-state index in [1.807, 2.05) is 24.3 Å². The Bertz CT molecular complexity index is 533. The maximum atomic E-state index is 11.9. The summed E-state index contributed by atoms with van der Waals surface area (Å²) in [4.78, 5) is 15.2. The number of likely N-dealkylation sites (tertiary alicyclic amines) is 1. The average Bonchev–Trinajstić information content (AvgIpc) is 2.58. The number of nitrogens with zero attached hydrogens (tertiary/aromatic N) is 1. The largest absolute Gasteiger partial charge is 0.337 e. The maximum Gasteiger partial charge on any atom is 0.315 e. The lowest BCUT2D eigenvalue weighted by atomic mass is 10.0. The van der Waals surface area contributed by atoms with E-state index in [2.05, 4.69) is 22.5 Å². The number of likely N-dealkylation sites (N-methyl/N-ethyl adjacent to an activating group) is 1. The predicted octanol–water partition coefficient (Wildman–Crippen LogP) is 2.10. The van der Waals surface area contributed by atoms with Crippen molar-refractivity contribution in [3.05, 3.63) is 29.8 Å². The van der Waals surface area contributed by atoms with Gasteiger partial charge in [-0.3, -0.25) is 9.11 Å². The lowest BCUT2D eigenvalue weighted by Gasteiger charge is -2.34. The summed E-state index contributed by atoms with van der Waals surface area (Å²) in [6.07, 6.45) is 5.32. The van der Waals surface area contributed by atoms with Crippen LogP contribution in [0.25, 0.3) is 0 Å². The summed E-state index contributed by atoms with van der Waals surface area (Å²) in [5.74, 6) is 0. The van der Waals surface area contributed by atoms with Crippen molar-refractivity contribution in [1.82, 2.24) is 15.5 Å². The number of carbonyl (C=O) groups is 1. The number of nitrogens with one attached hydrogen (secondary N) is 2. The first-order chi connectivity index (χ1) is 11.1. The van der Waals surface area contributed by atoms with Crippen LogP contribution in [0.5, 0.6) is 0 Å². The molecule has 1 aromatic rings. The van der Waals surface area contributed by atoms with Gasteiger partial charge in [0, 0.05) is 41.1 Å². The van der Waals surface area contributed by atoms with Crippen LogP contribution in [0, 0.1) is 0 Å². The van der Waals surface area contributed by atoms with Crippen LogP contribution in [-0.4, -0.2) is 47.1 Å².